The molecule has 0 saturated carbocycles. The Morgan fingerprint density at radius 2 is 1.74 bits per heavy atom. The average Bonchev–Trinajstić information content (AvgIpc) is 3.15. The maximum Gasteiger partial charge on any atom is 0.253 e. The van der Waals surface area contributed by atoms with E-state index in [1.165, 1.54) is 5.56 Å². The van der Waals surface area contributed by atoms with Gasteiger partial charge in [0.15, 0.2) is 0 Å². The smallest absolute Gasteiger partial charge is 0.253 e. The first-order valence-electron chi connectivity index (χ1n) is 9.94. The quantitative estimate of drug-likeness (QED) is 0.827. The zero-order valence-electron chi connectivity index (χ0n) is 15.6. The van der Waals surface area contributed by atoms with Gasteiger partial charge in [0.2, 0.25) is 5.91 Å². The molecule has 2 heterocycles. The lowest BCUT2D eigenvalue weighted by atomic mass is 9.90. The van der Waals surface area contributed by atoms with E-state index in [0.717, 1.165) is 51.0 Å². The van der Waals surface area contributed by atoms with E-state index < -0.39 is 0 Å². The molecule has 4 nitrogen and oxygen atoms in total. The van der Waals surface area contributed by atoms with E-state index in [4.69, 9.17) is 0 Å². The minimum Gasteiger partial charge on any atom is -0.339 e. The van der Waals surface area contributed by atoms with Gasteiger partial charge in [-0.1, -0.05) is 36.4 Å². The van der Waals surface area contributed by atoms with Gasteiger partial charge < -0.3 is 9.80 Å². The molecule has 4 rings (SSSR count). The van der Waals surface area contributed by atoms with Crippen molar-refractivity contribution in [2.45, 2.75) is 32.1 Å². The minimum atomic E-state index is 0.0849. The molecule has 2 saturated heterocycles. The molecule has 0 unspecified atom stereocenters. The molecule has 0 aliphatic carbocycles. The highest BCUT2D eigenvalue weighted by Gasteiger charge is 2.26. The van der Waals surface area contributed by atoms with Crippen LogP contribution >= 0.6 is 0 Å². The van der Waals surface area contributed by atoms with E-state index >= 15 is 0 Å². The molecule has 0 N–H and O–H groups in total. The molecular weight excluding hydrogens is 336 g/mol. The van der Waals surface area contributed by atoms with Gasteiger partial charge in [0.1, 0.15) is 0 Å². The van der Waals surface area contributed by atoms with Crippen LogP contribution in [0, 0.1) is 5.92 Å². The Kier molecular flexibility index (Phi) is 5.23. The van der Waals surface area contributed by atoms with E-state index in [0.29, 0.717) is 17.9 Å². The van der Waals surface area contributed by atoms with Crippen LogP contribution in [0.5, 0.6) is 0 Å². The first-order chi connectivity index (χ1) is 13.2. The van der Waals surface area contributed by atoms with E-state index in [1.54, 1.807) is 4.90 Å². The van der Waals surface area contributed by atoms with E-state index in [-0.39, 0.29) is 11.8 Å². The average molecular weight is 362 g/mol. The van der Waals surface area contributed by atoms with Crippen LogP contribution in [0.25, 0.3) is 0 Å². The number of hydrogen-bond acceptors (Lipinski definition) is 2. The second kappa shape index (κ2) is 7.95. The van der Waals surface area contributed by atoms with Crippen molar-refractivity contribution in [1.82, 2.24) is 4.90 Å². The number of anilines is 1. The Balaban J connectivity index is 1.37. The number of nitrogens with zero attached hydrogens (tertiary/aromatic N) is 2. The van der Waals surface area contributed by atoms with Crippen molar-refractivity contribution in [3.63, 3.8) is 0 Å². The molecule has 2 aromatic carbocycles. The van der Waals surface area contributed by atoms with Crippen molar-refractivity contribution in [1.29, 1.82) is 0 Å². The van der Waals surface area contributed by atoms with Crippen LogP contribution in [-0.4, -0.2) is 36.3 Å². The normalized spacial score (nSPS) is 18.1. The standard InChI is InChI=1S/C23H26N2O2/c26-22-10-5-13-25(22)21-9-4-8-20(17-21)23(27)24-14-11-19(12-15-24)16-18-6-2-1-3-7-18/h1-4,6-9,17,19H,5,10-16H2. The Morgan fingerprint density at radius 3 is 2.44 bits per heavy atom. The van der Waals surface area contributed by atoms with Crippen molar-refractivity contribution in [2.75, 3.05) is 24.5 Å². The maximum atomic E-state index is 12.9. The minimum absolute atomic E-state index is 0.0849. The number of benzene rings is 2. The van der Waals surface area contributed by atoms with Gasteiger partial charge in [-0.2, -0.15) is 0 Å². The zero-order chi connectivity index (χ0) is 18.6. The van der Waals surface area contributed by atoms with Crippen LogP contribution in [-0.2, 0) is 11.2 Å². The fraction of sp³-hybridized carbons (Fsp3) is 0.391. The molecule has 2 aliphatic heterocycles. The summed E-state index contributed by atoms with van der Waals surface area (Å²) < 4.78 is 0. The number of amides is 2. The van der Waals surface area contributed by atoms with Crippen LogP contribution < -0.4 is 4.90 Å². The Bertz CT molecular complexity index is 810. The highest BCUT2D eigenvalue weighted by Crippen LogP contribution is 2.25. The Labute approximate surface area is 160 Å². The van der Waals surface area contributed by atoms with Gasteiger partial charge in [0.05, 0.1) is 0 Å². The molecule has 0 spiro atoms. The molecule has 2 amide bonds. The van der Waals surface area contributed by atoms with Gasteiger partial charge in [-0.3, -0.25) is 9.59 Å². The van der Waals surface area contributed by atoms with Crippen LogP contribution in [0.3, 0.4) is 0 Å². The van der Waals surface area contributed by atoms with Crippen molar-refractivity contribution < 1.29 is 9.59 Å². The summed E-state index contributed by atoms with van der Waals surface area (Å²) in [5.41, 5.74) is 2.92. The van der Waals surface area contributed by atoms with E-state index in [9.17, 15) is 9.59 Å². The van der Waals surface area contributed by atoms with Crippen molar-refractivity contribution in [3.05, 3.63) is 65.7 Å². The van der Waals surface area contributed by atoms with Crippen molar-refractivity contribution in [3.8, 4) is 0 Å². The van der Waals surface area contributed by atoms with Crippen LogP contribution in [0.2, 0.25) is 0 Å². The number of likely N-dealkylation sites (tertiary alicyclic amines) is 1. The Morgan fingerprint density at radius 1 is 0.963 bits per heavy atom. The van der Waals surface area contributed by atoms with E-state index in [2.05, 4.69) is 30.3 Å². The summed E-state index contributed by atoms with van der Waals surface area (Å²) in [5.74, 6) is 0.882. The summed E-state index contributed by atoms with van der Waals surface area (Å²) in [5, 5.41) is 0. The third kappa shape index (κ3) is 4.05. The summed E-state index contributed by atoms with van der Waals surface area (Å²) in [6.45, 7) is 2.37. The van der Waals surface area contributed by atoms with E-state index in [1.807, 2.05) is 29.2 Å². The fourth-order valence-electron chi connectivity index (χ4n) is 4.20. The summed E-state index contributed by atoms with van der Waals surface area (Å²) in [7, 11) is 0. The molecule has 0 atom stereocenters. The third-order valence-corrected chi connectivity index (χ3v) is 5.75. The topological polar surface area (TPSA) is 40.6 Å². The van der Waals surface area contributed by atoms with Gasteiger partial charge in [-0.25, -0.2) is 0 Å². The largest absolute Gasteiger partial charge is 0.339 e. The lowest BCUT2D eigenvalue weighted by Gasteiger charge is -2.32. The predicted octanol–water partition coefficient (Wildman–Crippen LogP) is 3.91. The van der Waals surface area contributed by atoms with Crippen molar-refractivity contribution >= 4 is 17.5 Å². The zero-order valence-corrected chi connectivity index (χ0v) is 15.6. The van der Waals surface area contributed by atoms with Crippen LogP contribution in [0.1, 0.15) is 41.6 Å². The summed E-state index contributed by atoms with van der Waals surface area (Å²) in [4.78, 5) is 28.7. The number of rotatable bonds is 4. The third-order valence-electron chi connectivity index (χ3n) is 5.75. The molecule has 2 aliphatic rings. The SMILES string of the molecule is O=C(c1cccc(N2CCCC2=O)c1)N1CCC(Cc2ccccc2)CC1. The van der Waals surface area contributed by atoms with Crippen LogP contribution in [0.4, 0.5) is 5.69 Å². The fourth-order valence-corrected chi connectivity index (χ4v) is 4.20. The number of hydrogen-bond donors (Lipinski definition) is 0. The van der Waals surface area contributed by atoms with Crippen molar-refractivity contribution in [2.24, 2.45) is 5.92 Å². The number of carbonyl (C=O) groups excluding carboxylic acids is 2. The first kappa shape index (κ1) is 17.8. The molecule has 27 heavy (non-hydrogen) atoms. The van der Waals surface area contributed by atoms with Gasteiger partial charge >= 0.3 is 0 Å². The second-order valence-corrected chi connectivity index (χ2v) is 7.62. The molecule has 0 bridgehead atoms. The van der Waals surface area contributed by atoms with Gasteiger partial charge in [0.25, 0.3) is 5.91 Å². The second-order valence-electron chi connectivity index (χ2n) is 7.62. The lowest BCUT2D eigenvalue weighted by molar-refractivity contribution is -0.117. The molecule has 4 heteroatoms. The van der Waals surface area contributed by atoms with Gasteiger partial charge in [0, 0.05) is 37.3 Å². The number of carbonyl (C=O) groups is 2. The highest BCUT2D eigenvalue weighted by molar-refractivity contribution is 5.99. The summed E-state index contributed by atoms with van der Waals surface area (Å²) in [6, 6.07) is 18.1. The summed E-state index contributed by atoms with van der Waals surface area (Å²) in [6.07, 6.45) is 4.68. The molecule has 0 radical (unpaired) electrons. The van der Waals surface area contributed by atoms with Crippen LogP contribution in [0.15, 0.2) is 54.6 Å². The number of piperidine rings is 1. The highest BCUT2D eigenvalue weighted by atomic mass is 16.2. The Hall–Kier alpha value is -2.62. The molecule has 2 fully saturated rings. The van der Waals surface area contributed by atoms with Gasteiger partial charge in [-0.15, -0.1) is 0 Å². The molecule has 2 aromatic rings. The first-order valence-corrected chi connectivity index (χ1v) is 9.94. The van der Waals surface area contributed by atoms with Gasteiger partial charge in [-0.05, 0) is 55.4 Å². The molecular formula is C23H26N2O2. The lowest BCUT2D eigenvalue weighted by Crippen LogP contribution is -2.39. The molecule has 140 valence electrons. The summed E-state index contributed by atoms with van der Waals surface area (Å²) >= 11 is 0. The monoisotopic (exact) mass is 362 g/mol. The maximum absolute atomic E-state index is 12.9. The molecule has 0 aromatic heterocycles. The predicted molar refractivity (Wildman–Crippen MR) is 107 cm³/mol.